The van der Waals surface area contributed by atoms with Crippen molar-refractivity contribution in [2.45, 2.75) is 26.2 Å². The van der Waals surface area contributed by atoms with Gasteiger partial charge in [-0.3, -0.25) is 4.79 Å². The lowest BCUT2D eigenvalue weighted by Crippen LogP contribution is -2.33. The van der Waals surface area contributed by atoms with Gasteiger partial charge in [-0.25, -0.2) is 4.98 Å². The third kappa shape index (κ3) is 4.58. The molecule has 5 nitrogen and oxygen atoms in total. The van der Waals surface area contributed by atoms with Gasteiger partial charge in [0.1, 0.15) is 5.82 Å². The van der Waals surface area contributed by atoms with Crippen molar-refractivity contribution >= 4 is 23.3 Å². The second-order valence-corrected chi connectivity index (χ2v) is 5.92. The number of aromatic nitrogens is 1. The summed E-state index contributed by atoms with van der Waals surface area (Å²) in [5, 5.41) is 3.68. The van der Waals surface area contributed by atoms with E-state index in [0.717, 1.165) is 25.4 Å². The number of piperidine rings is 1. The van der Waals surface area contributed by atoms with E-state index >= 15 is 0 Å². The van der Waals surface area contributed by atoms with Gasteiger partial charge in [-0.1, -0.05) is 18.5 Å². The molecule has 1 aliphatic heterocycles. The number of pyridine rings is 1. The molecule has 3 N–H and O–H groups in total. The van der Waals surface area contributed by atoms with E-state index in [4.69, 9.17) is 17.3 Å². The largest absolute Gasteiger partial charge is 0.369 e. The van der Waals surface area contributed by atoms with Crippen LogP contribution in [0.4, 0.5) is 5.82 Å². The number of primary amides is 1. The molecule has 0 radical (unpaired) electrons. The van der Waals surface area contributed by atoms with E-state index in [0.29, 0.717) is 16.4 Å². The molecule has 0 atom stereocenters. The molecule has 0 saturated carbocycles. The summed E-state index contributed by atoms with van der Waals surface area (Å²) >= 11 is 6.09. The molecule has 0 unspecified atom stereocenters. The molecule has 6 heteroatoms. The van der Waals surface area contributed by atoms with Gasteiger partial charge >= 0.3 is 0 Å². The predicted octanol–water partition coefficient (Wildman–Crippen LogP) is 2.37. The Kier molecular flexibility index (Phi) is 5.82. The van der Waals surface area contributed by atoms with Crippen LogP contribution in [0.5, 0.6) is 0 Å². The number of carbonyl (C=O) groups is 1. The molecule has 1 aromatic rings. The second kappa shape index (κ2) is 7.61. The molecular weight excluding hydrogens is 288 g/mol. The average molecular weight is 311 g/mol. The summed E-state index contributed by atoms with van der Waals surface area (Å²) in [5.74, 6) is 0.871. The van der Waals surface area contributed by atoms with E-state index in [1.807, 2.05) is 0 Å². The summed E-state index contributed by atoms with van der Waals surface area (Å²) in [6.45, 7) is 6.61. The molecule has 2 rings (SSSR count). The minimum absolute atomic E-state index is 0.331. The van der Waals surface area contributed by atoms with Crippen LogP contribution in [0.15, 0.2) is 12.3 Å². The Hall–Kier alpha value is -1.33. The zero-order valence-corrected chi connectivity index (χ0v) is 13.2. The van der Waals surface area contributed by atoms with Crippen molar-refractivity contribution in [2.24, 2.45) is 11.7 Å². The van der Waals surface area contributed by atoms with Gasteiger partial charge in [0, 0.05) is 12.7 Å². The maximum absolute atomic E-state index is 11.0. The minimum Gasteiger partial charge on any atom is -0.369 e. The van der Waals surface area contributed by atoms with Gasteiger partial charge in [-0.05, 0) is 50.9 Å². The lowest BCUT2D eigenvalue weighted by molar-refractivity contribution is 0.1000. The highest BCUT2D eigenvalue weighted by atomic mass is 35.5. The van der Waals surface area contributed by atoms with Crippen molar-refractivity contribution in [3.63, 3.8) is 0 Å². The summed E-state index contributed by atoms with van der Waals surface area (Å²) in [6, 6.07) is 1.55. The lowest BCUT2D eigenvalue weighted by atomic mass is 9.93. The summed E-state index contributed by atoms with van der Waals surface area (Å²) in [4.78, 5) is 17.7. The molecule has 1 fully saturated rings. The van der Waals surface area contributed by atoms with Crippen molar-refractivity contribution in [1.82, 2.24) is 9.88 Å². The normalized spacial score (nSPS) is 16.9. The quantitative estimate of drug-likeness (QED) is 0.846. The predicted molar refractivity (Wildman–Crippen MR) is 85.7 cm³/mol. The first-order valence-electron chi connectivity index (χ1n) is 7.51. The fraction of sp³-hybridized carbons (Fsp3) is 0.600. The van der Waals surface area contributed by atoms with Gasteiger partial charge in [0.25, 0.3) is 0 Å². The molecule has 1 aromatic heterocycles. The zero-order valence-electron chi connectivity index (χ0n) is 12.4. The number of hydrogen-bond donors (Lipinski definition) is 2. The van der Waals surface area contributed by atoms with Crippen molar-refractivity contribution in [1.29, 1.82) is 0 Å². The Morgan fingerprint density at radius 2 is 2.24 bits per heavy atom. The van der Waals surface area contributed by atoms with Crippen molar-refractivity contribution in [2.75, 3.05) is 31.5 Å². The number of nitrogens with one attached hydrogen (secondary N) is 1. The highest BCUT2D eigenvalue weighted by Gasteiger charge is 2.17. The van der Waals surface area contributed by atoms with Crippen LogP contribution in [0.1, 0.15) is 36.5 Å². The number of nitrogens with two attached hydrogens (primary N) is 1. The van der Waals surface area contributed by atoms with Crippen LogP contribution >= 0.6 is 11.6 Å². The average Bonchev–Trinajstić information content (AvgIpc) is 2.49. The molecule has 0 aromatic carbocycles. The monoisotopic (exact) mass is 310 g/mol. The van der Waals surface area contributed by atoms with Crippen LogP contribution in [0.3, 0.4) is 0 Å². The van der Waals surface area contributed by atoms with Gasteiger partial charge in [-0.2, -0.15) is 0 Å². The Bertz CT molecular complexity index is 487. The Morgan fingerprint density at radius 3 is 2.81 bits per heavy atom. The second-order valence-electron chi connectivity index (χ2n) is 5.51. The Labute approximate surface area is 130 Å². The van der Waals surface area contributed by atoms with E-state index in [2.05, 4.69) is 22.1 Å². The van der Waals surface area contributed by atoms with Crippen molar-refractivity contribution < 1.29 is 4.79 Å². The number of carbonyl (C=O) groups excluding carboxylic acids is 1. The summed E-state index contributed by atoms with van der Waals surface area (Å²) in [5.41, 5.74) is 5.52. The zero-order chi connectivity index (χ0) is 15.2. The summed E-state index contributed by atoms with van der Waals surface area (Å²) in [7, 11) is 0. The van der Waals surface area contributed by atoms with Gasteiger partial charge in [0.2, 0.25) is 5.91 Å². The molecule has 2 heterocycles. The number of amides is 1. The third-order valence-corrected chi connectivity index (χ3v) is 4.41. The summed E-state index contributed by atoms with van der Waals surface area (Å²) in [6.07, 6.45) is 5.10. The lowest BCUT2D eigenvalue weighted by Gasteiger charge is -2.31. The van der Waals surface area contributed by atoms with Crippen LogP contribution in [-0.4, -0.2) is 42.0 Å². The molecule has 1 aliphatic rings. The van der Waals surface area contributed by atoms with Crippen LogP contribution in [-0.2, 0) is 0 Å². The van der Waals surface area contributed by atoms with Gasteiger partial charge in [0.05, 0.1) is 10.6 Å². The first-order valence-corrected chi connectivity index (χ1v) is 7.89. The smallest absolute Gasteiger partial charge is 0.250 e. The summed E-state index contributed by atoms with van der Waals surface area (Å²) < 4.78 is 0. The Morgan fingerprint density at radius 1 is 1.52 bits per heavy atom. The number of nitrogens with zero attached hydrogens (tertiary/aromatic N) is 2. The highest BCUT2D eigenvalue weighted by Crippen LogP contribution is 2.22. The van der Waals surface area contributed by atoms with Crippen LogP contribution in [0, 0.1) is 5.92 Å². The van der Waals surface area contributed by atoms with Gasteiger partial charge in [0.15, 0.2) is 0 Å². The molecule has 116 valence electrons. The van der Waals surface area contributed by atoms with E-state index in [1.165, 1.54) is 32.1 Å². The number of anilines is 1. The topological polar surface area (TPSA) is 71.2 Å². The number of rotatable bonds is 6. The maximum Gasteiger partial charge on any atom is 0.250 e. The SMILES string of the molecule is CCN1CCC(CCNc2ncc(C(N)=O)cc2Cl)CC1. The fourth-order valence-electron chi connectivity index (χ4n) is 2.69. The molecule has 0 aliphatic carbocycles. The number of likely N-dealkylation sites (tertiary alicyclic amines) is 1. The Balaban J connectivity index is 1.77. The number of halogens is 1. The molecule has 0 bridgehead atoms. The van der Waals surface area contributed by atoms with E-state index in [1.54, 1.807) is 6.07 Å². The third-order valence-electron chi connectivity index (χ3n) is 4.13. The van der Waals surface area contributed by atoms with Crippen LogP contribution < -0.4 is 11.1 Å². The van der Waals surface area contributed by atoms with E-state index in [9.17, 15) is 4.79 Å². The molecular formula is C15H23ClN4O. The standard InChI is InChI=1S/C15H23ClN4O/c1-2-20-7-4-11(5-8-20)3-6-18-15-13(16)9-12(10-19-15)14(17)21/h9-11H,2-8H2,1H3,(H2,17,21)(H,18,19). The van der Waals surface area contributed by atoms with E-state index in [-0.39, 0.29) is 0 Å². The number of hydrogen-bond acceptors (Lipinski definition) is 4. The maximum atomic E-state index is 11.0. The molecule has 21 heavy (non-hydrogen) atoms. The fourth-order valence-corrected chi connectivity index (χ4v) is 2.92. The first-order chi connectivity index (χ1) is 10.1. The van der Waals surface area contributed by atoms with Crippen molar-refractivity contribution in [3.8, 4) is 0 Å². The van der Waals surface area contributed by atoms with Gasteiger partial charge in [-0.15, -0.1) is 0 Å². The van der Waals surface area contributed by atoms with Crippen molar-refractivity contribution in [3.05, 3.63) is 22.8 Å². The minimum atomic E-state index is -0.515. The molecule has 1 amide bonds. The van der Waals surface area contributed by atoms with E-state index < -0.39 is 5.91 Å². The van der Waals surface area contributed by atoms with Crippen LogP contribution in [0.2, 0.25) is 5.02 Å². The first kappa shape index (κ1) is 16.0. The van der Waals surface area contributed by atoms with Crippen LogP contribution in [0.25, 0.3) is 0 Å². The molecule has 1 saturated heterocycles. The van der Waals surface area contributed by atoms with Gasteiger partial charge < -0.3 is 16.0 Å². The highest BCUT2D eigenvalue weighted by molar-refractivity contribution is 6.33. The molecule has 0 spiro atoms.